The second-order valence-electron chi connectivity index (χ2n) is 6.27. The van der Waals surface area contributed by atoms with E-state index < -0.39 is 6.36 Å². The Morgan fingerprint density at radius 2 is 1.67 bits per heavy atom. The second-order valence-corrected chi connectivity index (χ2v) is 6.27. The number of aromatic nitrogens is 6. The van der Waals surface area contributed by atoms with Gasteiger partial charge in [0.05, 0.1) is 5.69 Å². The molecule has 1 aliphatic heterocycles. The molecular formula is C17H15F3N8O2. The number of hydrogen-bond acceptors (Lipinski definition) is 8. The number of halogens is 3. The summed E-state index contributed by atoms with van der Waals surface area (Å²) in [6.45, 7) is 2.00. The SMILES string of the molecule is O=C(c1nnn(-c2ccc(OC(F)(F)F)cc2)n1)N1CCN(c2ncccn2)CC1. The van der Waals surface area contributed by atoms with Gasteiger partial charge < -0.3 is 14.5 Å². The minimum Gasteiger partial charge on any atom is -0.406 e. The van der Waals surface area contributed by atoms with Gasteiger partial charge >= 0.3 is 6.36 Å². The fourth-order valence-corrected chi connectivity index (χ4v) is 2.90. The summed E-state index contributed by atoms with van der Waals surface area (Å²) in [5, 5.41) is 11.6. The molecule has 0 bridgehead atoms. The standard InChI is InChI=1S/C17H15F3N8O2/c18-17(19,20)30-13-4-2-12(3-5-13)28-24-14(23-25-28)15(29)26-8-10-27(11-9-26)16-21-6-1-7-22-16/h1-7H,8-11H2. The quantitative estimate of drug-likeness (QED) is 0.623. The van der Waals surface area contributed by atoms with Gasteiger partial charge in [0.25, 0.3) is 11.7 Å². The van der Waals surface area contributed by atoms with Crippen LogP contribution < -0.4 is 9.64 Å². The molecule has 0 spiro atoms. The number of amides is 1. The summed E-state index contributed by atoms with van der Waals surface area (Å²) in [5.74, 6) is -0.253. The van der Waals surface area contributed by atoms with Gasteiger partial charge in [0.15, 0.2) is 0 Å². The third-order valence-corrected chi connectivity index (χ3v) is 4.31. The van der Waals surface area contributed by atoms with Crippen molar-refractivity contribution in [2.45, 2.75) is 6.36 Å². The first-order valence-electron chi connectivity index (χ1n) is 8.86. The molecule has 1 saturated heterocycles. The summed E-state index contributed by atoms with van der Waals surface area (Å²) >= 11 is 0. The molecule has 4 rings (SSSR count). The molecule has 13 heteroatoms. The highest BCUT2D eigenvalue weighted by molar-refractivity contribution is 5.90. The number of piperazine rings is 1. The first-order chi connectivity index (χ1) is 14.4. The predicted molar refractivity (Wildman–Crippen MR) is 96.0 cm³/mol. The van der Waals surface area contributed by atoms with Gasteiger partial charge in [-0.15, -0.1) is 28.2 Å². The van der Waals surface area contributed by atoms with Crippen molar-refractivity contribution < 1.29 is 22.7 Å². The zero-order valence-corrected chi connectivity index (χ0v) is 15.4. The Hall–Kier alpha value is -3.77. The lowest BCUT2D eigenvalue weighted by Crippen LogP contribution is -2.49. The maximum atomic E-state index is 12.7. The fourth-order valence-electron chi connectivity index (χ4n) is 2.90. The van der Waals surface area contributed by atoms with E-state index >= 15 is 0 Å². The monoisotopic (exact) mass is 420 g/mol. The fraction of sp³-hybridized carbons (Fsp3) is 0.294. The van der Waals surface area contributed by atoms with E-state index in [0.717, 1.165) is 16.9 Å². The molecule has 0 atom stereocenters. The number of benzene rings is 1. The van der Waals surface area contributed by atoms with Gasteiger partial charge in [0.1, 0.15) is 5.75 Å². The summed E-state index contributed by atoms with van der Waals surface area (Å²) in [4.78, 5) is 25.7. The smallest absolute Gasteiger partial charge is 0.406 e. The highest BCUT2D eigenvalue weighted by atomic mass is 19.4. The minimum absolute atomic E-state index is 0.102. The molecule has 1 aliphatic rings. The molecule has 156 valence electrons. The van der Waals surface area contributed by atoms with E-state index in [2.05, 4.69) is 30.1 Å². The van der Waals surface area contributed by atoms with E-state index in [1.54, 1.807) is 23.4 Å². The van der Waals surface area contributed by atoms with Gasteiger partial charge in [-0.2, -0.15) is 0 Å². The molecule has 0 saturated carbocycles. The van der Waals surface area contributed by atoms with E-state index in [-0.39, 0.29) is 17.5 Å². The number of ether oxygens (including phenoxy) is 1. The van der Waals surface area contributed by atoms with Crippen LogP contribution in [0, 0.1) is 0 Å². The molecular weight excluding hydrogens is 405 g/mol. The molecule has 1 fully saturated rings. The van der Waals surface area contributed by atoms with Crippen molar-refractivity contribution in [1.82, 2.24) is 35.1 Å². The van der Waals surface area contributed by atoms with Gasteiger partial charge in [-0.05, 0) is 35.5 Å². The van der Waals surface area contributed by atoms with Crippen LogP contribution in [0.2, 0.25) is 0 Å². The average molecular weight is 420 g/mol. The topological polar surface area (TPSA) is 102 Å². The maximum Gasteiger partial charge on any atom is 0.573 e. The van der Waals surface area contributed by atoms with E-state index in [4.69, 9.17) is 0 Å². The molecule has 0 aliphatic carbocycles. The van der Waals surface area contributed by atoms with Crippen LogP contribution in [0.4, 0.5) is 19.1 Å². The van der Waals surface area contributed by atoms with Crippen LogP contribution in [-0.4, -0.2) is 73.5 Å². The van der Waals surface area contributed by atoms with Crippen molar-refractivity contribution in [3.05, 3.63) is 48.5 Å². The second kappa shape index (κ2) is 7.93. The Kier molecular flexibility index (Phi) is 5.16. The van der Waals surface area contributed by atoms with Gasteiger partial charge in [-0.25, -0.2) is 9.97 Å². The average Bonchev–Trinajstić information content (AvgIpc) is 3.24. The summed E-state index contributed by atoms with van der Waals surface area (Å²) in [6.07, 6.45) is -1.46. The summed E-state index contributed by atoms with van der Waals surface area (Å²) < 4.78 is 40.5. The summed E-state index contributed by atoms with van der Waals surface area (Å²) in [7, 11) is 0. The van der Waals surface area contributed by atoms with Crippen molar-refractivity contribution in [2.75, 3.05) is 31.1 Å². The predicted octanol–water partition coefficient (Wildman–Crippen LogP) is 1.31. The lowest BCUT2D eigenvalue weighted by atomic mass is 10.3. The van der Waals surface area contributed by atoms with E-state index in [9.17, 15) is 18.0 Å². The van der Waals surface area contributed by atoms with Crippen LogP contribution in [0.1, 0.15) is 10.6 Å². The molecule has 1 aromatic carbocycles. The Bertz CT molecular complexity index is 1000. The number of anilines is 1. The zero-order chi connectivity index (χ0) is 21.1. The van der Waals surface area contributed by atoms with Crippen molar-refractivity contribution in [1.29, 1.82) is 0 Å². The molecule has 0 unspecified atom stereocenters. The van der Waals surface area contributed by atoms with Crippen molar-refractivity contribution in [2.24, 2.45) is 0 Å². The third-order valence-electron chi connectivity index (χ3n) is 4.31. The van der Waals surface area contributed by atoms with Crippen LogP contribution in [0.5, 0.6) is 5.75 Å². The van der Waals surface area contributed by atoms with Crippen LogP contribution in [-0.2, 0) is 0 Å². The van der Waals surface area contributed by atoms with Crippen LogP contribution in [0.3, 0.4) is 0 Å². The zero-order valence-electron chi connectivity index (χ0n) is 15.4. The van der Waals surface area contributed by atoms with Crippen molar-refractivity contribution in [3.8, 4) is 11.4 Å². The third kappa shape index (κ3) is 4.45. The minimum atomic E-state index is -4.77. The molecule has 0 radical (unpaired) electrons. The van der Waals surface area contributed by atoms with Crippen molar-refractivity contribution in [3.63, 3.8) is 0 Å². The van der Waals surface area contributed by atoms with E-state index in [0.29, 0.717) is 37.8 Å². The number of alkyl halides is 3. The maximum absolute atomic E-state index is 12.7. The molecule has 3 heterocycles. The molecule has 0 N–H and O–H groups in total. The Balaban J connectivity index is 1.39. The highest BCUT2D eigenvalue weighted by Crippen LogP contribution is 2.23. The lowest BCUT2D eigenvalue weighted by molar-refractivity contribution is -0.274. The largest absolute Gasteiger partial charge is 0.573 e. The first-order valence-corrected chi connectivity index (χ1v) is 8.86. The molecule has 1 amide bonds. The Morgan fingerprint density at radius 1 is 1.00 bits per heavy atom. The van der Waals surface area contributed by atoms with Crippen LogP contribution in [0.25, 0.3) is 5.69 Å². The summed E-state index contributed by atoms with van der Waals surface area (Å²) in [6, 6.07) is 6.64. The first kappa shape index (κ1) is 19.5. The number of tetrazole rings is 1. The summed E-state index contributed by atoms with van der Waals surface area (Å²) in [5.41, 5.74) is 0.335. The number of carbonyl (C=O) groups excluding carboxylic acids is 1. The molecule has 3 aromatic rings. The molecule has 30 heavy (non-hydrogen) atoms. The normalized spacial score (nSPS) is 14.6. The van der Waals surface area contributed by atoms with Gasteiger partial charge in [-0.1, -0.05) is 0 Å². The van der Waals surface area contributed by atoms with Gasteiger partial charge in [-0.3, -0.25) is 4.79 Å². The molecule has 10 nitrogen and oxygen atoms in total. The Labute approximate surface area is 167 Å². The highest BCUT2D eigenvalue weighted by Gasteiger charge is 2.31. The van der Waals surface area contributed by atoms with E-state index in [1.807, 2.05) is 4.90 Å². The van der Waals surface area contributed by atoms with Crippen LogP contribution in [0.15, 0.2) is 42.7 Å². The lowest BCUT2D eigenvalue weighted by Gasteiger charge is -2.33. The number of nitrogens with zero attached hydrogens (tertiary/aromatic N) is 8. The van der Waals surface area contributed by atoms with E-state index in [1.165, 1.54) is 12.1 Å². The van der Waals surface area contributed by atoms with Gasteiger partial charge in [0.2, 0.25) is 5.95 Å². The van der Waals surface area contributed by atoms with Gasteiger partial charge in [0, 0.05) is 38.6 Å². The van der Waals surface area contributed by atoms with Crippen LogP contribution >= 0.6 is 0 Å². The Morgan fingerprint density at radius 3 is 2.30 bits per heavy atom. The number of carbonyl (C=O) groups is 1. The number of rotatable bonds is 4. The van der Waals surface area contributed by atoms with Crippen molar-refractivity contribution >= 4 is 11.9 Å². The molecule has 2 aromatic heterocycles. The number of hydrogen-bond donors (Lipinski definition) is 0.